The van der Waals surface area contributed by atoms with E-state index in [1.165, 1.54) is 13.8 Å². The second-order valence-electron chi connectivity index (χ2n) is 24.5. The summed E-state index contributed by atoms with van der Waals surface area (Å²) in [6.45, 7) is -0.879. The lowest BCUT2D eigenvalue weighted by Crippen LogP contribution is -2.71. The Kier molecular flexibility index (Phi) is 27.7. The zero-order valence-electron chi connectivity index (χ0n) is 52.1. The van der Waals surface area contributed by atoms with Crippen molar-refractivity contribution in [3.63, 3.8) is 0 Å². The molecule has 24 N–H and O–H groups in total. The van der Waals surface area contributed by atoms with Crippen LogP contribution in [0.4, 0.5) is 0 Å². The topological polar surface area (TPSA) is 651 Å². The largest absolute Gasteiger partial charge is 0.394 e. The van der Waals surface area contributed by atoms with Gasteiger partial charge in [-0.3, -0.25) is 14.4 Å². The monoisotopic (exact) mass is 1410 g/mol. The summed E-state index contributed by atoms with van der Waals surface area (Å²) in [6.07, 6.45) is -71.7. The molecule has 556 valence electrons. The molecule has 0 aromatic carbocycles. The molecule has 0 saturated carbocycles. The van der Waals surface area contributed by atoms with Gasteiger partial charge in [0.2, 0.25) is 17.7 Å². The van der Waals surface area contributed by atoms with Crippen LogP contribution in [-0.4, -0.2) is 410 Å². The van der Waals surface area contributed by atoms with Crippen LogP contribution >= 0.6 is 0 Å². The fourth-order valence-corrected chi connectivity index (χ4v) is 12.6. The molecular weight excluding hydrogens is 1310 g/mol. The minimum absolute atomic E-state index is 0.803. The molecule has 8 fully saturated rings. The summed E-state index contributed by atoms with van der Waals surface area (Å²) in [4.78, 5) is 38.6. The van der Waals surface area contributed by atoms with Gasteiger partial charge in [-0.05, 0) is 13.8 Å². The van der Waals surface area contributed by atoms with Gasteiger partial charge in [0, 0.05) is 20.8 Å². The van der Waals surface area contributed by atoms with Gasteiger partial charge in [-0.15, -0.1) is 0 Å². The Morgan fingerprint density at radius 2 is 0.552 bits per heavy atom. The highest BCUT2D eigenvalue weighted by Gasteiger charge is 2.61. The number of rotatable bonds is 23. The van der Waals surface area contributed by atoms with Gasteiger partial charge in [0.15, 0.2) is 50.3 Å². The quantitative estimate of drug-likeness (QED) is 0.0452. The van der Waals surface area contributed by atoms with Gasteiger partial charge >= 0.3 is 0 Å². The van der Waals surface area contributed by atoms with Crippen LogP contribution < -0.4 is 16.0 Å². The Morgan fingerprint density at radius 3 is 0.958 bits per heavy atom. The van der Waals surface area contributed by atoms with E-state index in [4.69, 9.17) is 71.1 Å². The number of aliphatic hydroxyl groups is 21. The van der Waals surface area contributed by atoms with E-state index in [0.29, 0.717) is 0 Å². The van der Waals surface area contributed by atoms with E-state index in [1.807, 2.05) is 0 Å². The molecule has 0 aliphatic carbocycles. The minimum Gasteiger partial charge on any atom is -0.394 e. The third kappa shape index (κ3) is 16.9. The number of carbonyl (C=O) groups is 3. The fourth-order valence-electron chi connectivity index (χ4n) is 12.6. The van der Waals surface area contributed by atoms with E-state index in [0.717, 1.165) is 20.8 Å². The van der Waals surface area contributed by atoms with Crippen molar-refractivity contribution >= 4 is 17.7 Å². The molecule has 0 bridgehead atoms. The minimum atomic E-state index is -2.36. The predicted molar refractivity (Wildman–Crippen MR) is 296 cm³/mol. The number of aliphatic hydroxyl groups excluding tert-OH is 21. The van der Waals surface area contributed by atoms with Crippen molar-refractivity contribution in [2.24, 2.45) is 0 Å². The smallest absolute Gasteiger partial charge is 0.217 e. The first kappa shape index (κ1) is 78.7. The van der Waals surface area contributed by atoms with Crippen molar-refractivity contribution in [3.8, 4) is 0 Å². The van der Waals surface area contributed by atoms with E-state index in [1.54, 1.807) is 0 Å². The van der Waals surface area contributed by atoms with Crippen molar-refractivity contribution in [1.82, 2.24) is 16.0 Å². The molecule has 0 aromatic rings. The van der Waals surface area contributed by atoms with E-state index < -0.39 is 303 Å². The van der Waals surface area contributed by atoms with Crippen LogP contribution in [0.5, 0.6) is 0 Å². The highest BCUT2D eigenvalue weighted by atomic mass is 16.8. The molecular formula is C54H91N3O39. The average Bonchev–Trinajstić information content (AvgIpc) is 0.749. The van der Waals surface area contributed by atoms with Gasteiger partial charge in [0.25, 0.3) is 0 Å². The van der Waals surface area contributed by atoms with Gasteiger partial charge in [-0.1, -0.05) is 0 Å². The molecule has 8 saturated heterocycles. The van der Waals surface area contributed by atoms with Crippen LogP contribution in [0.2, 0.25) is 0 Å². The van der Waals surface area contributed by atoms with Gasteiger partial charge in [-0.2, -0.15) is 0 Å². The Bertz CT molecular complexity index is 2470. The first-order valence-corrected chi connectivity index (χ1v) is 30.8. The van der Waals surface area contributed by atoms with E-state index >= 15 is 0 Å². The highest BCUT2D eigenvalue weighted by Crippen LogP contribution is 2.40. The number of nitrogens with one attached hydrogen (secondary N) is 3. The summed E-state index contributed by atoms with van der Waals surface area (Å²) in [5.74, 6) is -2.65. The molecule has 40 atom stereocenters. The summed E-state index contributed by atoms with van der Waals surface area (Å²) >= 11 is 0. The van der Waals surface area contributed by atoms with Crippen LogP contribution in [0.3, 0.4) is 0 Å². The lowest BCUT2D eigenvalue weighted by atomic mass is 9.93. The molecule has 0 unspecified atom stereocenters. The summed E-state index contributed by atoms with van der Waals surface area (Å²) in [5.41, 5.74) is 0. The third-order valence-corrected chi connectivity index (χ3v) is 17.8. The molecule has 3 amide bonds. The molecule has 0 radical (unpaired) electrons. The SMILES string of the molecule is CC(=O)N[C@@H]1[C@@H](O[C@@H]2O[C@@H](C)[C@@H](O)[C@@H](O)[C@@H]2O)[C@H](O[C@@H]2O[C@H](CO)[C@H](O)[C@H](O[C@@H]3O[C@H](CO)[C@@H](O[C@@H]4O[C@H](CO)[C@H](O)[C@H](O[C@@H]5O[C@H](CO)[C@@H](O[C@@H]6O[C@H](CO)[C@H](O)[C@H](O)[C@H]6O)[C@H](O[C@@H]6O[C@@H](C)[C@@H](O)[C@@H](O)[C@@H]6O)[C@H]5NC(C)=O)[C@H]4O)[C@H](O)[C@H]3NC(C)=O)[C@H]2O)[C@@H](CO)O[C@H]1O. The molecule has 8 rings (SSSR count). The number of carbonyl (C=O) groups excluding carboxylic acids is 3. The Morgan fingerprint density at radius 1 is 0.271 bits per heavy atom. The molecule has 8 aliphatic heterocycles. The standard InChI is InChI=1S/C54H91N3O39/c1-12-26(67)32(73)35(76)50(82-12)93-43-24(56-15(4)65)47(81)84-21(10-62)41(43)92-54-39(80)45(29(70)19(8-60)87-54)95-48-23(55-14(3)64)31(72)40(20(9-61)88-48)90-53-38(79)46(30(71)18(7-59)86-53)96-49-25(57-16(5)66)44(94-51-36(77)33(74)27(68)13(2)83-51)42(22(11-63)89-49)91-52-37(78)34(75)28(69)17(6-58)85-52/h12-13,17-54,58-63,67-81H,6-11H2,1-5H3,(H,55,64)(H,56,65)(H,57,66)/t12-,13-,17+,18+,19+,20+,21+,22+,23+,24+,25+,26+,27+,28-,29-,30-,31+,32+,33+,34-,35-,36-,37+,38+,39+,40+,41+,42+,43+,44+,45-,46-,47+,48-,49-,50-,51-,52-,53-,54-/m0/s1. The van der Waals surface area contributed by atoms with Crippen molar-refractivity contribution in [3.05, 3.63) is 0 Å². The molecule has 96 heavy (non-hydrogen) atoms. The Labute approximate surface area is 545 Å². The van der Waals surface area contributed by atoms with Gasteiger partial charge in [-0.25, -0.2) is 0 Å². The molecule has 0 spiro atoms. The molecule has 8 heterocycles. The summed E-state index contributed by atoms with van der Waals surface area (Å²) < 4.78 is 88.7. The number of ether oxygens (including phenoxy) is 15. The highest BCUT2D eigenvalue weighted by molar-refractivity contribution is 5.74. The maximum Gasteiger partial charge on any atom is 0.217 e. The lowest BCUT2D eigenvalue weighted by molar-refractivity contribution is -0.394. The number of amides is 3. The van der Waals surface area contributed by atoms with Crippen molar-refractivity contribution < 1.29 is 193 Å². The first-order chi connectivity index (χ1) is 45.3. The predicted octanol–water partition coefficient (Wildman–Crippen LogP) is -16.0. The van der Waals surface area contributed by atoms with E-state index in [9.17, 15) is 122 Å². The van der Waals surface area contributed by atoms with E-state index in [-0.39, 0.29) is 0 Å². The zero-order chi connectivity index (χ0) is 70.8. The summed E-state index contributed by atoms with van der Waals surface area (Å²) in [7, 11) is 0. The first-order valence-electron chi connectivity index (χ1n) is 30.8. The Balaban J connectivity index is 1.05. The van der Waals surface area contributed by atoms with Crippen molar-refractivity contribution in [1.29, 1.82) is 0 Å². The Hall–Kier alpha value is -3.03. The van der Waals surface area contributed by atoms with Crippen LogP contribution in [0.1, 0.15) is 34.6 Å². The molecule has 42 heteroatoms. The second kappa shape index (κ2) is 33.8. The van der Waals surface area contributed by atoms with Crippen LogP contribution in [-0.2, 0) is 85.4 Å². The maximum atomic E-state index is 13.2. The molecule has 8 aliphatic rings. The average molecular weight is 1410 g/mol. The third-order valence-electron chi connectivity index (χ3n) is 17.8. The fraction of sp³-hybridized carbons (Fsp3) is 0.944. The van der Waals surface area contributed by atoms with Gasteiger partial charge < -0.3 is 194 Å². The van der Waals surface area contributed by atoms with Crippen molar-refractivity contribution in [2.45, 2.75) is 280 Å². The number of hydrogen-bond donors (Lipinski definition) is 24. The molecule has 0 aromatic heterocycles. The summed E-state index contributed by atoms with van der Waals surface area (Å²) in [6, 6.07) is -5.48. The van der Waals surface area contributed by atoms with Crippen LogP contribution in [0, 0.1) is 0 Å². The lowest BCUT2D eigenvalue weighted by Gasteiger charge is -2.52. The number of hydrogen-bond acceptors (Lipinski definition) is 39. The van der Waals surface area contributed by atoms with E-state index in [2.05, 4.69) is 16.0 Å². The van der Waals surface area contributed by atoms with Crippen LogP contribution in [0.25, 0.3) is 0 Å². The van der Waals surface area contributed by atoms with Gasteiger partial charge in [0.05, 0.1) is 51.8 Å². The second-order valence-corrected chi connectivity index (χ2v) is 24.5. The zero-order valence-corrected chi connectivity index (χ0v) is 52.1. The van der Waals surface area contributed by atoms with Gasteiger partial charge in [0.1, 0.15) is 183 Å². The van der Waals surface area contributed by atoms with Crippen LogP contribution in [0.15, 0.2) is 0 Å². The summed E-state index contributed by atoms with van der Waals surface area (Å²) in [5, 5.41) is 238. The molecule has 42 nitrogen and oxygen atoms in total. The normalized spacial score (nSPS) is 50.3. The maximum absolute atomic E-state index is 13.2. The van der Waals surface area contributed by atoms with Crippen molar-refractivity contribution in [2.75, 3.05) is 39.6 Å².